The van der Waals surface area contributed by atoms with Crippen LogP contribution in [-0.4, -0.2) is 24.3 Å². The number of hydrogen-bond donors (Lipinski definition) is 1. The van der Waals surface area contributed by atoms with Crippen LogP contribution in [0.5, 0.6) is 0 Å². The van der Waals surface area contributed by atoms with Crippen LogP contribution in [0.15, 0.2) is 0 Å². The highest BCUT2D eigenvalue weighted by atomic mass is 16.5. The number of rotatable bonds is 3. The second kappa shape index (κ2) is 5.50. The Morgan fingerprint density at radius 2 is 1.83 bits per heavy atom. The van der Waals surface area contributed by atoms with Gasteiger partial charge in [-0.3, -0.25) is 0 Å². The number of ether oxygens (including phenoxy) is 1. The molecule has 0 radical (unpaired) electrons. The van der Waals surface area contributed by atoms with E-state index in [-0.39, 0.29) is 0 Å². The van der Waals surface area contributed by atoms with Gasteiger partial charge in [0.1, 0.15) is 0 Å². The molecule has 2 heteroatoms. The van der Waals surface area contributed by atoms with E-state index in [0.29, 0.717) is 11.6 Å². The molecular weight excluding hydrogens is 222 g/mol. The highest BCUT2D eigenvalue weighted by Crippen LogP contribution is 2.42. The summed E-state index contributed by atoms with van der Waals surface area (Å²) in [7, 11) is 0. The largest absolute Gasteiger partial charge is 0.375 e. The summed E-state index contributed by atoms with van der Waals surface area (Å²) in [5.41, 5.74) is 0.294. The third kappa shape index (κ3) is 2.75. The van der Waals surface area contributed by atoms with E-state index in [0.717, 1.165) is 18.6 Å². The molecule has 2 saturated carbocycles. The maximum Gasteiger partial charge on any atom is 0.0697 e. The van der Waals surface area contributed by atoms with Gasteiger partial charge in [0.05, 0.1) is 5.60 Å². The lowest BCUT2D eigenvalue weighted by Gasteiger charge is -2.48. The molecule has 2 unspecified atom stereocenters. The third-order valence-electron chi connectivity index (χ3n) is 5.61. The van der Waals surface area contributed by atoms with E-state index >= 15 is 0 Å². The standard InChI is InChI=1S/C16H29NO/c1-13(14-6-3-2-4-7-14)17-15-8-11-18-16(12-15)9-5-10-16/h13-15,17H,2-12H2,1H3. The molecule has 0 bridgehead atoms. The lowest BCUT2D eigenvalue weighted by Crippen LogP contribution is -2.53. The molecule has 2 aliphatic carbocycles. The average Bonchev–Trinajstić information content (AvgIpc) is 2.38. The fourth-order valence-corrected chi connectivity index (χ4v) is 4.23. The van der Waals surface area contributed by atoms with E-state index in [1.807, 2.05) is 0 Å². The van der Waals surface area contributed by atoms with Crippen molar-refractivity contribution >= 4 is 0 Å². The third-order valence-corrected chi connectivity index (χ3v) is 5.61. The first-order valence-electron chi connectivity index (χ1n) is 8.17. The van der Waals surface area contributed by atoms with Gasteiger partial charge >= 0.3 is 0 Å². The van der Waals surface area contributed by atoms with Crippen molar-refractivity contribution in [2.45, 2.75) is 88.8 Å². The van der Waals surface area contributed by atoms with Crippen LogP contribution in [0.3, 0.4) is 0 Å². The number of hydrogen-bond acceptors (Lipinski definition) is 2. The summed E-state index contributed by atoms with van der Waals surface area (Å²) in [6, 6.07) is 1.43. The molecule has 0 aromatic rings. The van der Waals surface area contributed by atoms with Gasteiger partial charge in [0.2, 0.25) is 0 Å². The molecule has 104 valence electrons. The van der Waals surface area contributed by atoms with Gasteiger partial charge in [-0.25, -0.2) is 0 Å². The zero-order valence-corrected chi connectivity index (χ0v) is 11.9. The van der Waals surface area contributed by atoms with Gasteiger partial charge in [0.15, 0.2) is 0 Å². The minimum Gasteiger partial charge on any atom is -0.375 e. The Kier molecular flexibility index (Phi) is 3.95. The maximum absolute atomic E-state index is 6.02. The lowest BCUT2D eigenvalue weighted by atomic mass is 9.73. The first-order valence-corrected chi connectivity index (χ1v) is 8.17. The predicted molar refractivity (Wildman–Crippen MR) is 74.7 cm³/mol. The summed E-state index contributed by atoms with van der Waals surface area (Å²) < 4.78 is 6.02. The van der Waals surface area contributed by atoms with Gasteiger partial charge in [-0.05, 0) is 57.8 Å². The molecule has 1 saturated heterocycles. The summed E-state index contributed by atoms with van der Waals surface area (Å²) in [5, 5.41) is 3.93. The van der Waals surface area contributed by atoms with Crippen LogP contribution in [0, 0.1) is 5.92 Å². The Morgan fingerprint density at radius 1 is 1.06 bits per heavy atom. The van der Waals surface area contributed by atoms with E-state index in [9.17, 15) is 0 Å². The second-order valence-corrected chi connectivity index (χ2v) is 6.93. The monoisotopic (exact) mass is 251 g/mol. The molecule has 1 heterocycles. The normalized spacial score (nSPS) is 34.2. The van der Waals surface area contributed by atoms with Gasteiger partial charge in [0.25, 0.3) is 0 Å². The predicted octanol–water partition coefficient (Wildman–Crippen LogP) is 3.65. The summed E-state index contributed by atoms with van der Waals surface area (Å²) in [6.45, 7) is 3.40. The van der Waals surface area contributed by atoms with Gasteiger partial charge < -0.3 is 10.1 Å². The van der Waals surface area contributed by atoms with Crippen LogP contribution in [0.25, 0.3) is 0 Å². The molecule has 1 aliphatic heterocycles. The topological polar surface area (TPSA) is 21.3 Å². The molecule has 0 aromatic carbocycles. The van der Waals surface area contributed by atoms with Crippen molar-refractivity contribution < 1.29 is 4.74 Å². The molecule has 1 N–H and O–H groups in total. The Bertz CT molecular complexity index is 268. The van der Waals surface area contributed by atoms with Crippen molar-refractivity contribution in [3.05, 3.63) is 0 Å². The van der Waals surface area contributed by atoms with Crippen molar-refractivity contribution in [1.82, 2.24) is 5.32 Å². The van der Waals surface area contributed by atoms with Crippen LogP contribution < -0.4 is 5.32 Å². The van der Waals surface area contributed by atoms with Crippen LogP contribution >= 0.6 is 0 Å². The smallest absolute Gasteiger partial charge is 0.0697 e. The molecule has 0 amide bonds. The Morgan fingerprint density at radius 3 is 2.50 bits per heavy atom. The van der Waals surface area contributed by atoms with Gasteiger partial charge in [-0.1, -0.05) is 19.3 Å². The van der Waals surface area contributed by atoms with Crippen molar-refractivity contribution in [2.75, 3.05) is 6.61 Å². The zero-order chi connectivity index (χ0) is 12.4. The molecule has 3 rings (SSSR count). The van der Waals surface area contributed by atoms with Crippen LogP contribution in [0.2, 0.25) is 0 Å². The quantitative estimate of drug-likeness (QED) is 0.826. The molecule has 3 aliphatic rings. The lowest BCUT2D eigenvalue weighted by molar-refractivity contribution is -0.136. The minimum absolute atomic E-state index is 0.294. The Labute approximate surface area is 112 Å². The van der Waals surface area contributed by atoms with Crippen LogP contribution in [0.4, 0.5) is 0 Å². The molecule has 2 nitrogen and oxygen atoms in total. The summed E-state index contributed by atoms with van der Waals surface area (Å²) in [6.07, 6.45) is 13.7. The number of nitrogens with one attached hydrogen (secondary N) is 1. The molecule has 3 fully saturated rings. The molecule has 18 heavy (non-hydrogen) atoms. The second-order valence-electron chi connectivity index (χ2n) is 6.93. The SMILES string of the molecule is CC(NC1CCOC2(CCC2)C1)C1CCCCC1. The molecular formula is C16H29NO. The maximum atomic E-state index is 6.02. The van der Waals surface area contributed by atoms with Gasteiger partial charge in [-0.15, -0.1) is 0 Å². The van der Waals surface area contributed by atoms with E-state index in [1.165, 1.54) is 64.2 Å². The fourth-order valence-electron chi connectivity index (χ4n) is 4.23. The van der Waals surface area contributed by atoms with Crippen LogP contribution in [0.1, 0.15) is 71.1 Å². The van der Waals surface area contributed by atoms with E-state index in [1.54, 1.807) is 0 Å². The van der Waals surface area contributed by atoms with Gasteiger partial charge in [-0.2, -0.15) is 0 Å². The van der Waals surface area contributed by atoms with Gasteiger partial charge in [0, 0.05) is 18.7 Å². The molecule has 2 atom stereocenters. The van der Waals surface area contributed by atoms with E-state index < -0.39 is 0 Å². The first kappa shape index (κ1) is 12.9. The minimum atomic E-state index is 0.294. The molecule has 1 spiro atoms. The van der Waals surface area contributed by atoms with Crippen molar-refractivity contribution in [1.29, 1.82) is 0 Å². The highest BCUT2D eigenvalue weighted by molar-refractivity contribution is 4.96. The summed E-state index contributed by atoms with van der Waals surface area (Å²) in [4.78, 5) is 0. The van der Waals surface area contributed by atoms with E-state index in [2.05, 4.69) is 12.2 Å². The zero-order valence-electron chi connectivity index (χ0n) is 11.9. The Hall–Kier alpha value is -0.0800. The first-order chi connectivity index (χ1) is 8.77. The van der Waals surface area contributed by atoms with Crippen LogP contribution in [-0.2, 0) is 4.74 Å². The van der Waals surface area contributed by atoms with Crippen molar-refractivity contribution in [2.24, 2.45) is 5.92 Å². The summed E-state index contributed by atoms with van der Waals surface area (Å²) in [5.74, 6) is 0.930. The van der Waals surface area contributed by atoms with Crippen molar-refractivity contribution in [3.63, 3.8) is 0 Å². The summed E-state index contributed by atoms with van der Waals surface area (Å²) >= 11 is 0. The highest BCUT2D eigenvalue weighted by Gasteiger charge is 2.42. The Balaban J connectivity index is 1.49. The van der Waals surface area contributed by atoms with Crippen molar-refractivity contribution in [3.8, 4) is 0 Å². The fraction of sp³-hybridized carbons (Fsp3) is 1.00. The molecule has 0 aromatic heterocycles. The van der Waals surface area contributed by atoms with E-state index in [4.69, 9.17) is 4.74 Å². The average molecular weight is 251 g/mol.